The number of thioether (sulfide) groups is 1. The van der Waals surface area contributed by atoms with Gasteiger partial charge in [-0.05, 0) is 30.0 Å². The molecule has 1 N–H and O–H groups in total. The number of aliphatic hydroxyl groups excluding tert-OH is 1. The number of rotatable bonds is 3. The minimum Gasteiger partial charge on any atom is -0.384 e. The van der Waals surface area contributed by atoms with Crippen LogP contribution in [-0.2, 0) is 0 Å². The van der Waals surface area contributed by atoms with Gasteiger partial charge in [-0.1, -0.05) is 18.2 Å². The van der Waals surface area contributed by atoms with Crippen LogP contribution in [0.25, 0.3) is 0 Å². The minimum atomic E-state index is -0.765. The summed E-state index contributed by atoms with van der Waals surface area (Å²) in [6.07, 6.45) is 2.58. The molecule has 0 bridgehead atoms. The van der Waals surface area contributed by atoms with Crippen LogP contribution < -0.4 is 0 Å². The molecule has 0 aliphatic rings. The van der Waals surface area contributed by atoms with Crippen LogP contribution in [0.4, 0.5) is 4.39 Å². The van der Waals surface area contributed by atoms with E-state index in [2.05, 4.69) is 4.98 Å². The maximum Gasteiger partial charge on any atom is 0.212 e. The first kappa shape index (κ1) is 12.1. The predicted octanol–water partition coefficient (Wildman–Crippen LogP) is 3.02. The third-order valence-electron chi connectivity index (χ3n) is 2.50. The van der Waals surface area contributed by atoms with Crippen molar-refractivity contribution < 1.29 is 9.50 Å². The highest BCUT2D eigenvalue weighted by atomic mass is 32.2. The summed E-state index contributed by atoms with van der Waals surface area (Å²) in [5.41, 5.74) is 1.36. The van der Waals surface area contributed by atoms with Gasteiger partial charge in [0.1, 0.15) is 6.10 Å². The molecule has 0 fully saturated rings. The number of hydrogen-bond donors (Lipinski definition) is 1. The normalized spacial score (nSPS) is 12.4. The Morgan fingerprint density at radius 2 is 1.76 bits per heavy atom. The van der Waals surface area contributed by atoms with Crippen LogP contribution in [0.3, 0.4) is 0 Å². The van der Waals surface area contributed by atoms with Crippen molar-refractivity contribution in [3.05, 3.63) is 59.7 Å². The van der Waals surface area contributed by atoms with Gasteiger partial charge in [-0.3, -0.25) is 0 Å². The standard InChI is InChI=1S/C13H12FNOS/c1-17-11-5-2-9(3-6-11)13(16)10-4-7-12(14)15-8-10/h2-8,13,16H,1H3/t13-/m0/s1. The highest BCUT2D eigenvalue weighted by molar-refractivity contribution is 7.98. The Hall–Kier alpha value is -1.39. The summed E-state index contributed by atoms with van der Waals surface area (Å²) in [7, 11) is 0. The number of hydrogen-bond acceptors (Lipinski definition) is 3. The molecule has 2 nitrogen and oxygen atoms in total. The Kier molecular flexibility index (Phi) is 3.76. The molecule has 0 saturated heterocycles. The second-order valence-corrected chi connectivity index (χ2v) is 4.47. The van der Waals surface area contributed by atoms with Gasteiger partial charge in [0.25, 0.3) is 0 Å². The molecule has 1 atom stereocenters. The van der Waals surface area contributed by atoms with Gasteiger partial charge in [0, 0.05) is 16.7 Å². The molecule has 1 aromatic heterocycles. The van der Waals surface area contributed by atoms with Gasteiger partial charge >= 0.3 is 0 Å². The average Bonchev–Trinajstić information content (AvgIpc) is 2.39. The molecule has 0 radical (unpaired) electrons. The zero-order valence-electron chi connectivity index (χ0n) is 9.30. The van der Waals surface area contributed by atoms with Gasteiger partial charge in [-0.2, -0.15) is 4.39 Å². The van der Waals surface area contributed by atoms with E-state index >= 15 is 0 Å². The maximum atomic E-state index is 12.7. The van der Waals surface area contributed by atoms with Crippen LogP contribution in [-0.4, -0.2) is 16.3 Å². The maximum absolute atomic E-state index is 12.7. The Morgan fingerprint density at radius 1 is 1.12 bits per heavy atom. The van der Waals surface area contributed by atoms with E-state index in [1.165, 1.54) is 18.3 Å². The van der Waals surface area contributed by atoms with E-state index < -0.39 is 12.1 Å². The van der Waals surface area contributed by atoms with E-state index in [-0.39, 0.29) is 0 Å². The van der Waals surface area contributed by atoms with Crippen LogP contribution in [0.1, 0.15) is 17.2 Å². The van der Waals surface area contributed by atoms with Crippen molar-refractivity contribution in [2.24, 2.45) is 0 Å². The highest BCUT2D eigenvalue weighted by Gasteiger charge is 2.10. The first-order chi connectivity index (χ1) is 8.20. The van der Waals surface area contributed by atoms with Crippen molar-refractivity contribution in [1.82, 2.24) is 4.98 Å². The second kappa shape index (κ2) is 5.29. The summed E-state index contributed by atoms with van der Waals surface area (Å²) in [5.74, 6) is -0.543. The van der Waals surface area contributed by atoms with E-state index in [4.69, 9.17) is 0 Å². The van der Waals surface area contributed by atoms with Crippen LogP contribution in [0, 0.1) is 5.95 Å². The zero-order valence-corrected chi connectivity index (χ0v) is 10.1. The summed E-state index contributed by atoms with van der Waals surface area (Å²) in [6, 6.07) is 10.4. The molecular weight excluding hydrogens is 237 g/mol. The predicted molar refractivity (Wildman–Crippen MR) is 66.5 cm³/mol. The molecule has 0 saturated carbocycles. The first-order valence-electron chi connectivity index (χ1n) is 5.14. The SMILES string of the molecule is CSc1ccc([C@H](O)c2ccc(F)nc2)cc1. The van der Waals surface area contributed by atoms with Crippen molar-refractivity contribution in [3.8, 4) is 0 Å². The van der Waals surface area contributed by atoms with Gasteiger partial charge in [0.05, 0.1) is 0 Å². The van der Waals surface area contributed by atoms with Crippen molar-refractivity contribution in [2.75, 3.05) is 6.26 Å². The molecule has 0 aliphatic heterocycles. The average molecular weight is 249 g/mol. The Bertz CT molecular complexity index is 484. The van der Waals surface area contributed by atoms with E-state index in [1.807, 2.05) is 30.5 Å². The summed E-state index contributed by atoms with van der Waals surface area (Å²) < 4.78 is 12.7. The smallest absolute Gasteiger partial charge is 0.212 e. The minimum absolute atomic E-state index is 0.543. The molecular formula is C13H12FNOS. The molecule has 0 spiro atoms. The molecule has 1 heterocycles. The second-order valence-electron chi connectivity index (χ2n) is 3.59. The lowest BCUT2D eigenvalue weighted by Gasteiger charge is -2.11. The fourth-order valence-electron chi connectivity index (χ4n) is 1.53. The van der Waals surface area contributed by atoms with Crippen molar-refractivity contribution in [2.45, 2.75) is 11.0 Å². The monoisotopic (exact) mass is 249 g/mol. The number of pyridine rings is 1. The first-order valence-corrected chi connectivity index (χ1v) is 6.36. The Morgan fingerprint density at radius 3 is 2.29 bits per heavy atom. The van der Waals surface area contributed by atoms with Gasteiger partial charge in [0.2, 0.25) is 5.95 Å². The van der Waals surface area contributed by atoms with E-state index in [9.17, 15) is 9.50 Å². The molecule has 4 heteroatoms. The number of aromatic nitrogens is 1. The fourth-order valence-corrected chi connectivity index (χ4v) is 1.94. The van der Waals surface area contributed by atoms with Gasteiger partial charge in [-0.25, -0.2) is 4.98 Å². The van der Waals surface area contributed by atoms with E-state index in [0.717, 1.165) is 10.5 Å². The van der Waals surface area contributed by atoms with Crippen molar-refractivity contribution >= 4 is 11.8 Å². The topological polar surface area (TPSA) is 33.1 Å². The molecule has 88 valence electrons. The summed E-state index contributed by atoms with van der Waals surface area (Å²) in [6.45, 7) is 0. The highest BCUT2D eigenvalue weighted by Crippen LogP contribution is 2.23. The molecule has 1 aromatic carbocycles. The largest absolute Gasteiger partial charge is 0.384 e. The quantitative estimate of drug-likeness (QED) is 0.670. The number of benzene rings is 1. The van der Waals surface area contributed by atoms with Crippen LogP contribution in [0.2, 0.25) is 0 Å². The van der Waals surface area contributed by atoms with Crippen molar-refractivity contribution in [3.63, 3.8) is 0 Å². The molecule has 0 amide bonds. The molecule has 0 aliphatic carbocycles. The summed E-state index contributed by atoms with van der Waals surface area (Å²) in [5, 5.41) is 10.1. The summed E-state index contributed by atoms with van der Waals surface area (Å²) in [4.78, 5) is 4.67. The molecule has 2 rings (SSSR count). The Labute approximate surface area is 104 Å². The third kappa shape index (κ3) is 2.84. The molecule has 2 aromatic rings. The lowest BCUT2D eigenvalue weighted by molar-refractivity contribution is 0.219. The lowest BCUT2D eigenvalue weighted by atomic mass is 10.0. The third-order valence-corrected chi connectivity index (χ3v) is 3.24. The fraction of sp³-hybridized carbons (Fsp3) is 0.154. The van der Waals surface area contributed by atoms with Gasteiger partial charge < -0.3 is 5.11 Å². The van der Waals surface area contributed by atoms with Crippen LogP contribution >= 0.6 is 11.8 Å². The van der Waals surface area contributed by atoms with Gasteiger partial charge in [-0.15, -0.1) is 11.8 Å². The van der Waals surface area contributed by atoms with Crippen molar-refractivity contribution in [1.29, 1.82) is 0 Å². The van der Waals surface area contributed by atoms with Crippen LogP contribution in [0.5, 0.6) is 0 Å². The van der Waals surface area contributed by atoms with E-state index in [1.54, 1.807) is 11.8 Å². The van der Waals surface area contributed by atoms with E-state index in [0.29, 0.717) is 5.56 Å². The number of aliphatic hydroxyl groups is 1. The molecule has 17 heavy (non-hydrogen) atoms. The lowest BCUT2D eigenvalue weighted by Crippen LogP contribution is -2.00. The van der Waals surface area contributed by atoms with Crippen LogP contribution in [0.15, 0.2) is 47.5 Å². The molecule has 0 unspecified atom stereocenters. The summed E-state index contributed by atoms with van der Waals surface area (Å²) >= 11 is 1.64. The number of nitrogens with zero attached hydrogens (tertiary/aromatic N) is 1. The zero-order chi connectivity index (χ0) is 12.3. The van der Waals surface area contributed by atoms with Gasteiger partial charge in [0.15, 0.2) is 0 Å². The number of halogens is 1. The Balaban J connectivity index is 2.23.